The minimum absolute atomic E-state index is 0.276. The molecule has 14 heavy (non-hydrogen) atoms. The maximum absolute atomic E-state index is 5.40. The minimum atomic E-state index is 0.276. The first-order valence-corrected chi connectivity index (χ1v) is 5.50. The van der Waals surface area contributed by atoms with E-state index in [1.165, 1.54) is 0 Å². The van der Waals surface area contributed by atoms with Gasteiger partial charge in [0, 0.05) is 19.1 Å². The van der Waals surface area contributed by atoms with Gasteiger partial charge in [-0.3, -0.25) is 0 Å². The Morgan fingerprint density at radius 3 is 1.71 bits per heavy atom. The number of methoxy groups -OCH3 is 1. The highest BCUT2D eigenvalue weighted by molar-refractivity contribution is 4.87. The first-order chi connectivity index (χ1) is 6.36. The molecule has 0 aromatic carbocycles. The quantitative estimate of drug-likeness (QED) is 0.654. The van der Waals surface area contributed by atoms with Gasteiger partial charge in [-0.15, -0.1) is 0 Å². The smallest absolute Gasteiger partial charge is 0.0535 e. The molecule has 0 spiro atoms. The lowest BCUT2D eigenvalue weighted by Crippen LogP contribution is -2.45. The van der Waals surface area contributed by atoms with E-state index in [0.29, 0.717) is 11.8 Å². The molecule has 0 aliphatic rings. The van der Waals surface area contributed by atoms with Crippen LogP contribution in [0.5, 0.6) is 0 Å². The van der Waals surface area contributed by atoms with Crippen LogP contribution in [0.15, 0.2) is 0 Å². The Balaban J connectivity index is 4.74. The van der Waals surface area contributed by atoms with Crippen LogP contribution in [0.1, 0.15) is 27.7 Å². The summed E-state index contributed by atoms with van der Waals surface area (Å²) in [5.41, 5.74) is 0.276. The molecule has 0 unspecified atom stereocenters. The van der Waals surface area contributed by atoms with Crippen molar-refractivity contribution >= 4 is 0 Å². The van der Waals surface area contributed by atoms with Crippen molar-refractivity contribution < 1.29 is 4.74 Å². The van der Waals surface area contributed by atoms with Crippen LogP contribution in [-0.2, 0) is 4.74 Å². The first kappa shape index (κ1) is 13.9. The Hall–Kier alpha value is -0.0800. The summed E-state index contributed by atoms with van der Waals surface area (Å²) in [4.78, 5) is 2.26. The van der Waals surface area contributed by atoms with Crippen molar-refractivity contribution in [2.45, 2.75) is 27.7 Å². The number of hydrogen-bond acceptors (Lipinski definition) is 2. The fourth-order valence-electron chi connectivity index (χ4n) is 2.27. The largest absolute Gasteiger partial charge is 0.384 e. The molecule has 0 aliphatic carbocycles. The molecule has 0 fully saturated rings. The molecule has 2 heteroatoms. The van der Waals surface area contributed by atoms with Crippen LogP contribution < -0.4 is 0 Å². The second-order valence-corrected chi connectivity index (χ2v) is 5.21. The van der Waals surface area contributed by atoms with Crippen molar-refractivity contribution in [1.29, 1.82) is 0 Å². The van der Waals surface area contributed by atoms with Crippen molar-refractivity contribution in [1.82, 2.24) is 4.90 Å². The summed E-state index contributed by atoms with van der Waals surface area (Å²) in [6.07, 6.45) is 0. The third-order valence-electron chi connectivity index (χ3n) is 3.32. The van der Waals surface area contributed by atoms with Gasteiger partial charge in [0.25, 0.3) is 0 Å². The van der Waals surface area contributed by atoms with Crippen LogP contribution in [0.2, 0.25) is 0 Å². The fraction of sp³-hybridized carbons (Fsp3) is 1.00. The second kappa shape index (κ2) is 5.72. The molecular formula is C12H27NO. The van der Waals surface area contributed by atoms with Gasteiger partial charge in [-0.05, 0) is 25.9 Å². The van der Waals surface area contributed by atoms with Crippen molar-refractivity contribution in [2.24, 2.45) is 17.3 Å². The summed E-state index contributed by atoms with van der Waals surface area (Å²) in [6.45, 7) is 11.1. The highest BCUT2D eigenvalue weighted by Crippen LogP contribution is 2.36. The normalized spacial score (nSPS) is 13.3. The van der Waals surface area contributed by atoms with Gasteiger partial charge < -0.3 is 9.64 Å². The first-order valence-electron chi connectivity index (χ1n) is 5.50. The van der Waals surface area contributed by atoms with E-state index in [9.17, 15) is 0 Å². The van der Waals surface area contributed by atoms with Gasteiger partial charge in [0.1, 0.15) is 0 Å². The molecule has 0 aromatic rings. The van der Waals surface area contributed by atoms with Gasteiger partial charge in [0.15, 0.2) is 0 Å². The summed E-state index contributed by atoms with van der Waals surface area (Å²) in [6, 6.07) is 0. The zero-order valence-corrected chi connectivity index (χ0v) is 10.9. The topological polar surface area (TPSA) is 12.5 Å². The van der Waals surface area contributed by atoms with Crippen molar-refractivity contribution in [3.05, 3.63) is 0 Å². The summed E-state index contributed by atoms with van der Waals surface area (Å²) in [5, 5.41) is 0. The Labute approximate surface area is 89.6 Å². The lowest BCUT2D eigenvalue weighted by atomic mass is 9.69. The average molecular weight is 201 g/mol. The lowest BCUT2D eigenvalue weighted by molar-refractivity contribution is -0.0136. The Morgan fingerprint density at radius 1 is 1.07 bits per heavy atom. The molecule has 0 saturated carbocycles. The predicted molar refractivity (Wildman–Crippen MR) is 62.5 cm³/mol. The summed E-state index contributed by atoms with van der Waals surface area (Å²) < 4.78 is 5.40. The Morgan fingerprint density at radius 2 is 1.50 bits per heavy atom. The molecule has 86 valence electrons. The van der Waals surface area contributed by atoms with Gasteiger partial charge in [-0.1, -0.05) is 27.7 Å². The van der Waals surface area contributed by atoms with E-state index in [0.717, 1.165) is 13.2 Å². The van der Waals surface area contributed by atoms with Crippen LogP contribution in [0.4, 0.5) is 0 Å². The molecule has 2 nitrogen and oxygen atoms in total. The third-order valence-corrected chi connectivity index (χ3v) is 3.32. The molecule has 0 rings (SSSR count). The Kier molecular flexibility index (Phi) is 5.68. The predicted octanol–water partition coefficient (Wildman–Crippen LogP) is 2.49. The summed E-state index contributed by atoms with van der Waals surface area (Å²) >= 11 is 0. The molecular weight excluding hydrogens is 174 g/mol. The van der Waals surface area contributed by atoms with Gasteiger partial charge in [-0.2, -0.15) is 0 Å². The van der Waals surface area contributed by atoms with Crippen molar-refractivity contribution in [3.63, 3.8) is 0 Å². The van der Waals surface area contributed by atoms with E-state index < -0.39 is 0 Å². The van der Waals surface area contributed by atoms with Crippen molar-refractivity contribution in [3.8, 4) is 0 Å². The van der Waals surface area contributed by atoms with Gasteiger partial charge in [-0.25, -0.2) is 0 Å². The number of nitrogens with zero attached hydrogens (tertiary/aromatic N) is 1. The number of rotatable bonds is 6. The van der Waals surface area contributed by atoms with E-state index in [1.54, 1.807) is 7.11 Å². The van der Waals surface area contributed by atoms with Gasteiger partial charge in [0.2, 0.25) is 0 Å². The van der Waals surface area contributed by atoms with Crippen molar-refractivity contribution in [2.75, 3.05) is 34.4 Å². The molecule has 0 aliphatic heterocycles. The molecule has 0 aromatic heterocycles. The van der Waals surface area contributed by atoms with Crippen LogP contribution in [0.25, 0.3) is 0 Å². The number of ether oxygens (including phenoxy) is 1. The highest BCUT2D eigenvalue weighted by Gasteiger charge is 2.37. The molecule has 0 bridgehead atoms. The number of hydrogen-bond donors (Lipinski definition) is 0. The molecule has 0 N–H and O–H groups in total. The second-order valence-electron chi connectivity index (χ2n) is 5.21. The molecule has 0 heterocycles. The zero-order chi connectivity index (χ0) is 11.4. The van der Waals surface area contributed by atoms with E-state index in [2.05, 4.69) is 46.7 Å². The van der Waals surface area contributed by atoms with Gasteiger partial charge >= 0.3 is 0 Å². The molecule has 0 radical (unpaired) electrons. The fourth-order valence-corrected chi connectivity index (χ4v) is 2.27. The van der Waals surface area contributed by atoms with E-state index in [4.69, 9.17) is 4.74 Å². The maximum Gasteiger partial charge on any atom is 0.0535 e. The van der Waals surface area contributed by atoms with Crippen LogP contribution in [0, 0.1) is 17.3 Å². The monoisotopic (exact) mass is 201 g/mol. The standard InChI is InChI=1S/C12H27NO/c1-10(2)12(9-14-7,11(3)4)8-13(5)6/h10-11H,8-9H2,1-7H3. The molecule has 0 atom stereocenters. The van der Waals surface area contributed by atoms with Crippen LogP contribution in [-0.4, -0.2) is 39.3 Å². The van der Waals surface area contributed by atoms with E-state index >= 15 is 0 Å². The minimum Gasteiger partial charge on any atom is -0.384 e. The lowest BCUT2D eigenvalue weighted by Gasteiger charge is -2.42. The van der Waals surface area contributed by atoms with Crippen LogP contribution in [0.3, 0.4) is 0 Å². The SMILES string of the molecule is COCC(CN(C)C)(C(C)C)C(C)C. The summed E-state index contributed by atoms with van der Waals surface area (Å²) in [7, 11) is 6.07. The zero-order valence-electron chi connectivity index (χ0n) is 10.9. The highest BCUT2D eigenvalue weighted by atomic mass is 16.5. The summed E-state index contributed by atoms with van der Waals surface area (Å²) in [5.74, 6) is 1.29. The van der Waals surface area contributed by atoms with E-state index in [1.807, 2.05) is 0 Å². The molecule has 0 saturated heterocycles. The Bertz CT molecular complexity index is 144. The average Bonchev–Trinajstić information content (AvgIpc) is 2.01. The maximum atomic E-state index is 5.40. The third kappa shape index (κ3) is 3.25. The molecule has 0 amide bonds. The van der Waals surface area contributed by atoms with Crippen LogP contribution >= 0.6 is 0 Å². The van der Waals surface area contributed by atoms with E-state index in [-0.39, 0.29) is 5.41 Å². The van der Waals surface area contributed by atoms with Gasteiger partial charge in [0.05, 0.1) is 6.61 Å².